The van der Waals surface area contributed by atoms with Crippen LogP contribution in [-0.2, 0) is 10.0 Å². The van der Waals surface area contributed by atoms with Crippen molar-refractivity contribution in [3.05, 3.63) is 54.6 Å². The van der Waals surface area contributed by atoms with Crippen molar-refractivity contribution in [3.63, 3.8) is 0 Å². The third-order valence-electron chi connectivity index (χ3n) is 3.85. The summed E-state index contributed by atoms with van der Waals surface area (Å²) in [5.74, 6) is 0.621. The van der Waals surface area contributed by atoms with Gasteiger partial charge in [-0.1, -0.05) is 37.3 Å². The lowest BCUT2D eigenvalue weighted by molar-refractivity contribution is 0.601. The number of aromatic nitrogens is 2. The van der Waals surface area contributed by atoms with Crippen LogP contribution < -0.4 is 10.0 Å². The van der Waals surface area contributed by atoms with E-state index >= 15 is 0 Å². The summed E-state index contributed by atoms with van der Waals surface area (Å²) in [6, 6.07) is 15.7. The van der Waals surface area contributed by atoms with Crippen molar-refractivity contribution >= 4 is 32.7 Å². The van der Waals surface area contributed by atoms with Gasteiger partial charge < -0.3 is 5.32 Å². The Morgan fingerprint density at radius 1 is 0.920 bits per heavy atom. The molecule has 3 rings (SSSR count). The number of sulfonamides is 1. The van der Waals surface area contributed by atoms with Crippen molar-refractivity contribution in [2.45, 2.75) is 31.2 Å². The zero-order chi connectivity index (χ0) is 17.9. The van der Waals surface area contributed by atoms with E-state index in [1.165, 1.54) is 0 Å². The first-order valence-electron chi connectivity index (χ1n) is 8.11. The number of nitrogens with zero attached hydrogens (tertiary/aromatic N) is 2. The van der Waals surface area contributed by atoms with Crippen LogP contribution in [0.15, 0.2) is 59.5 Å². The predicted molar refractivity (Wildman–Crippen MR) is 100 cm³/mol. The van der Waals surface area contributed by atoms with Crippen LogP contribution >= 0.6 is 0 Å². The Balaban J connectivity index is 2.05. The van der Waals surface area contributed by atoms with Crippen LogP contribution in [-0.4, -0.2) is 24.4 Å². The first-order chi connectivity index (χ1) is 12.0. The van der Waals surface area contributed by atoms with Crippen LogP contribution in [0.4, 0.5) is 11.6 Å². The molecule has 6 nitrogen and oxygen atoms in total. The fourth-order valence-corrected chi connectivity index (χ4v) is 3.32. The lowest BCUT2D eigenvalue weighted by Crippen LogP contribution is -2.20. The van der Waals surface area contributed by atoms with Crippen LogP contribution in [0.2, 0.25) is 0 Å². The highest BCUT2D eigenvalue weighted by Crippen LogP contribution is 2.25. The number of nitrogens with one attached hydrogen (secondary N) is 2. The summed E-state index contributed by atoms with van der Waals surface area (Å²) in [5, 5.41) is 3.23. The van der Waals surface area contributed by atoms with E-state index in [1.54, 1.807) is 36.4 Å². The Morgan fingerprint density at radius 3 is 2.08 bits per heavy atom. The molecular formula is C18H20N4O2S. The zero-order valence-electron chi connectivity index (χ0n) is 14.1. The summed E-state index contributed by atoms with van der Waals surface area (Å²) in [5.41, 5.74) is 1.33. The van der Waals surface area contributed by atoms with Gasteiger partial charge in [-0.15, -0.1) is 0 Å². The number of fused-ring (bicyclic) bond motifs is 1. The molecule has 0 radical (unpaired) electrons. The minimum Gasteiger partial charge on any atom is -0.365 e. The number of anilines is 2. The van der Waals surface area contributed by atoms with Gasteiger partial charge in [0, 0.05) is 6.04 Å². The van der Waals surface area contributed by atoms with E-state index in [1.807, 2.05) is 32.0 Å². The van der Waals surface area contributed by atoms with E-state index < -0.39 is 10.0 Å². The maximum Gasteiger partial charge on any atom is 0.263 e. The van der Waals surface area contributed by atoms with Crippen LogP contribution in [0.5, 0.6) is 0 Å². The molecule has 2 aromatic carbocycles. The Labute approximate surface area is 147 Å². The van der Waals surface area contributed by atoms with Gasteiger partial charge in [0.1, 0.15) is 0 Å². The highest BCUT2D eigenvalue weighted by Gasteiger charge is 2.19. The van der Waals surface area contributed by atoms with Gasteiger partial charge in [0.25, 0.3) is 10.0 Å². The number of para-hydroxylation sites is 2. The summed E-state index contributed by atoms with van der Waals surface area (Å²) in [6.45, 7) is 4.05. The monoisotopic (exact) mass is 356 g/mol. The van der Waals surface area contributed by atoms with Crippen molar-refractivity contribution in [2.75, 3.05) is 10.0 Å². The number of rotatable bonds is 6. The van der Waals surface area contributed by atoms with Gasteiger partial charge in [0.2, 0.25) is 0 Å². The third-order valence-corrected chi connectivity index (χ3v) is 5.21. The largest absolute Gasteiger partial charge is 0.365 e. The summed E-state index contributed by atoms with van der Waals surface area (Å²) in [7, 11) is -3.74. The lowest BCUT2D eigenvalue weighted by atomic mass is 10.2. The summed E-state index contributed by atoms with van der Waals surface area (Å²) in [6.07, 6.45) is 0.874. The highest BCUT2D eigenvalue weighted by molar-refractivity contribution is 7.92. The highest BCUT2D eigenvalue weighted by atomic mass is 32.2. The normalized spacial score (nSPS) is 12.7. The SMILES string of the molecule is CC[C@H](C)Nc1nc2ccccc2nc1NS(=O)(=O)c1ccccc1. The second-order valence-electron chi connectivity index (χ2n) is 5.78. The molecule has 1 aromatic heterocycles. The maximum absolute atomic E-state index is 12.6. The molecule has 0 aliphatic carbocycles. The minimum atomic E-state index is -3.74. The Morgan fingerprint density at radius 2 is 1.48 bits per heavy atom. The van der Waals surface area contributed by atoms with Gasteiger partial charge in [-0.3, -0.25) is 4.72 Å². The van der Waals surface area contributed by atoms with E-state index in [4.69, 9.17) is 0 Å². The third kappa shape index (κ3) is 3.88. The van der Waals surface area contributed by atoms with Crippen molar-refractivity contribution < 1.29 is 8.42 Å². The van der Waals surface area contributed by atoms with Gasteiger partial charge in [0.05, 0.1) is 15.9 Å². The Bertz CT molecular complexity index is 975. The summed E-state index contributed by atoms with van der Waals surface area (Å²) in [4.78, 5) is 9.18. The molecule has 130 valence electrons. The van der Waals surface area contributed by atoms with E-state index in [9.17, 15) is 8.42 Å². The van der Waals surface area contributed by atoms with E-state index in [2.05, 4.69) is 20.0 Å². The van der Waals surface area contributed by atoms with Crippen LogP contribution in [0.25, 0.3) is 11.0 Å². The second-order valence-corrected chi connectivity index (χ2v) is 7.46. The van der Waals surface area contributed by atoms with E-state index in [-0.39, 0.29) is 16.8 Å². The van der Waals surface area contributed by atoms with Crippen LogP contribution in [0, 0.1) is 0 Å². The van der Waals surface area contributed by atoms with Gasteiger partial charge in [-0.2, -0.15) is 0 Å². The smallest absolute Gasteiger partial charge is 0.263 e. The first-order valence-corrected chi connectivity index (χ1v) is 9.59. The number of benzene rings is 2. The molecule has 0 fully saturated rings. The van der Waals surface area contributed by atoms with Gasteiger partial charge in [-0.05, 0) is 37.6 Å². The quantitative estimate of drug-likeness (QED) is 0.704. The van der Waals surface area contributed by atoms with Gasteiger partial charge >= 0.3 is 0 Å². The molecule has 1 heterocycles. The molecule has 0 amide bonds. The maximum atomic E-state index is 12.6. The molecule has 0 unspecified atom stereocenters. The van der Waals surface area contributed by atoms with E-state index in [0.29, 0.717) is 16.9 Å². The van der Waals surface area contributed by atoms with Crippen molar-refractivity contribution in [1.82, 2.24) is 9.97 Å². The molecule has 3 aromatic rings. The number of hydrogen-bond acceptors (Lipinski definition) is 5. The molecule has 25 heavy (non-hydrogen) atoms. The molecule has 0 aliphatic heterocycles. The standard InChI is InChI=1S/C18H20N4O2S/c1-3-13(2)19-17-18(21-16-12-8-7-11-15(16)20-17)22-25(23,24)14-9-5-4-6-10-14/h4-13H,3H2,1-2H3,(H,19,20)(H,21,22)/t13-/m0/s1. The van der Waals surface area contributed by atoms with Crippen molar-refractivity contribution in [2.24, 2.45) is 0 Å². The van der Waals surface area contributed by atoms with E-state index in [0.717, 1.165) is 6.42 Å². The fraction of sp³-hybridized carbons (Fsp3) is 0.222. The summed E-state index contributed by atoms with van der Waals surface area (Å²) >= 11 is 0. The van der Waals surface area contributed by atoms with Crippen LogP contribution in [0.3, 0.4) is 0 Å². The van der Waals surface area contributed by atoms with Gasteiger partial charge in [0.15, 0.2) is 11.6 Å². The molecule has 1 atom stereocenters. The molecule has 7 heteroatoms. The molecule has 2 N–H and O–H groups in total. The first kappa shape index (κ1) is 17.2. The average Bonchev–Trinajstić information content (AvgIpc) is 2.62. The molecule has 0 saturated heterocycles. The topological polar surface area (TPSA) is 84.0 Å². The molecule has 0 bridgehead atoms. The Kier molecular flexibility index (Phi) is 4.85. The molecule has 0 saturated carbocycles. The molecule has 0 aliphatic rings. The van der Waals surface area contributed by atoms with Crippen molar-refractivity contribution in [1.29, 1.82) is 0 Å². The second kappa shape index (κ2) is 7.06. The van der Waals surface area contributed by atoms with Crippen molar-refractivity contribution in [3.8, 4) is 0 Å². The number of hydrogen-bond donors (Lipinski definition) is 2. The average molecular weight is 356 g/mol. The lowest BCUT2D eigenvalue weighted by Gasteiger charge is -2.17. The fourth-order valence-electron chi connectivity index (χ4n) is 2.29. The Hall–Kier alpha value is -2.67. The minimum absolute atomic E-state index is 0.135. The van der Waals surface area contributed by atoms with Crippen LogP contribution in [0.1, 0.15) is 20.3 Å². The van der Waals surface area contributed by atoms with Gasteiger partial charge in [-0.25, -0.2) is 18.4 Å². The predicted octanol–water partition coefficient (Wildman–Crippen LogP) is 3.64. The summed E-state index contributed by atoms with van der Waals surface area (Å²) < 4.78 is 27.8. The zero-order valence-corrected chi connectivity index (χ0v) is 14.9. The molecular weight excluding hydrogens is 336 g/mol. The molecule has 0 spiro atoms.